The number of benzene rings is 1. The standard InChI is InChI=1S/C32H41N3O5/c1-31-16-10-18-33(22-23-12-4-2-5-13-23)28(37)25(31)26-29(38)35(19-8-9-21-36)27-30(39)34(24-14-6-3-7-15-24)20-11-17-32(26,27)40-31/h2,4-5,10-13,16-17,24-27,36H,3,6-9,14-15,18-22H2,1H3/t25-,26+,27?,31+,32+/m1/s1. The first kappa shape index (κ1) is 27.2. The lowest BCUT2D eigenvalue weighted by Gasteiger charge is -2.40. The Hall–Kier alpha value is -2.97. The van der Waals surface area contributed by atoms with E-state index in [1.54, 1.807) is 9.80 Å². The van der Waals surface area contributed by atoms with Gasteiger partial charge in [0.25, 0.3) is 0 Å². The minimum absolute atomic E-state index is 0.0260. The van der Waals surface area contributed by atoms with E-state index in [9.17, 15) is 19.5 Å². The van der Waals surface area contributed by atoms with Crippen molar-refractivity contribution in [2.24, 2.45) is 11.8 Å². The molecule has 5 atom stereocenters. The summed E-state index contributed by atoms with van der Waals surface area (Å²) < 4.78 is 6.93. The predicted octanol–water partition coefficient (Wildman–Crippen LogP) is 3.06. The van der Waals surface area contributed by atoms with E-state index < -0.39 is 29.1 Å². The van der Waals surface area contributed by atoms with Crippen molar-refractivity contribution in [2.45, 2.75) is 81.7 Å². The smallest absolute Gasteiger partial charge is 0.249 e. The van der Waals surface area contributed by atoms with Gasteiger partial charge in [0.05, 0.1) is 17.4 Å². The number of hydrogen-bond donors (Lipinski definition) is 1. The number of aliphatic hydroxyl groups is 1. The Morgan fingerprint density at radius 3 is 2.40 bits per heavy atom. The number of amides is 3. The van der Waals surface area contributed by atoms with Crippen LogP contribution in [0.3, 0.4) is 0 Å². The monoisotopic (exact) mass is 547 g/mol. The summed E-state index contributed by atoms with van der Waals surface area (Å²) in [5, 5.41) is 9.44. The summed E-state index contributed by atoms with van der Waals surface area (Å²) in [5.74, 6) is -1.92. The summed E-state index contributed by atoms with van der Waals surface area (Å²) in [4.78, 5) is 48.6. The van der Waals surface area contributed by atoms with E-state index in [1.807, 2.05) is 66.5 Å². The Morgan fingerprint density at radius 2 is 1.65 bits per heavy atom. The third-order valence-electron chi connectivity index (χ3n) is 9.71. The number of fused-ring (bicyclic) bond motifs is 2. The average Bonchev–Trinajstić information content (AvgIpc) is 3.22. The van der Waals surface area contributed by atoms with Crippen molar-refractivity contribution in [3.63, 3.8) is 0 Å². The summed E-state index contributed by atoms with van der Waals surface area (Å²) in [5.41, 5.74) is -1.20. The number of unbranched alkanes of at least 4 members (excludes halogenated alkanes) is 1. The molecule has 1 aromatic rings. The zero-order chi connectivity index (χ0) is 27.9. The fourth-order valence-corrected chi connectivity index (χ4v) is 7.89. The molecule has 3 amide bonds. The highest BCUT2D eigenvalue weighted by atomic mass is 16.5. The van der Waals surface area contributed by atoms with Gasteiger partial charge in [-0.25, -0.2) is 0 Å². The molecule has 6 rings (SSSR count). The highest BCUT2D eigenvalue weighted by Crippen LogP contribution is 2.57. The third kappa shape index (κ3) is 4.40. The van der Waals surface area contributed by atoms with Crippen LogP contribution in [0.25, 0.3) is 0 Å². The summed E-state index contributed by atoms with van der Waals surface area (Å²) in [6.07, 6.45) is 14.3. The summed E-state index contributed by atoms with van der Waals surface area (Å²) in [6, 6.07) is 9.20. The van der Waals surface area contributed by atoms with Crippen LogP contribution in [0.2, 0.25) is 0 Å². The van der Waals surface area contributed by atoms with Crippen LogP contribution in [-0.2, 0) is 25.7 Å². The van der Waals surface area contributed by atoms with E-state index in [4.69, 9.17) is 4.74 Å². The summed E-state index contributed by atoms with van der Waals surface area (Å²) >= 11 is 0. The van der Waals surface area contributed by atoms with Gasteiger partial charge in [0.1, 0.15) is 11.6 Å². The first-order valence-corrected chi connectivity index (χ1v) is 15.0. The normalized spacial score (nSPS) is 34.1. The SMILES string of the molecule is C[C@]12C=CCN(Cc3ccccc3)C(=O)[C@H]1[C@H]1C(=O)N(CCCCO)C3C(=O)N(C4CCCCC4)CC=C[C@@]31O2. The second kappa shape index (κ2) is 10.8. The zero-order valence-electron chi connectivity index (χ0n) is 23.4. The molecule has 4 aliphatic heterocycles. The van der Waals surface area contributed by atoms with Crippen LogP contribution in [-0.4, -0.2) is 87.1 Å². The van der Waals surface area contributed by atoms with Crippen LogP contribution in [0.1, 0.15) is 57.4 Å². The van der Waals surface area contributed by atoms with Gasteiger partial charge in [-0.05, 0) is 38.2 Å². The van der Waals surface area contributed by atoms with Crippen LogP contribution in [0.4, 0.5) is 0 Å². The molecular formula is C32H41N3O5. The lowest BCUT2D eigenvalue weighted by atomic mass is 9.74. The van der Waals surface area contributed by atoms with Gasteiger partial charge in [0.15, 0.2) is 0 Å². The van der Waals surface area contributed by atoms with E-state index in [1.165, 1.54) is 6.42 Å². The molecule has 8 heteroatoms. The van der Waals surface area contributed by atoms with Gasteiger partial charge in [-0.1, -0.05) is 73.9 Å². The van der Waals surface area contributed by atoms with Gasteiger partial charge in [-0.15, -0.1) is 0 Å². The largest absolute Gasteiger partial charge is 0.396 e. The number of rotatable bonds is 7. The number of nitrogens with zero attached hydrogens (tertiary/aromatic N) is 3. The molecular weight excluding hydrogens is 506 g/mol. The quantitative estimate of drug-likeness (QED) is 0.419. The molecule has 40 heavy (non-hydrogen) atoms. The molecule has 0 aromatic heterocycles. The predicted molar refractivity (Wildman–Crippen MR) is 150 cm³/mol. The van der Waals surface area contributed by atoms with E-state index >= 15 is 0 Å². The maximum absolute atomic E-state index is 14.5. The van der Waals surface area contributed by atoms with Crippen molar-refractivity contribution >= 4 is 17.7 Å². The van der Waals surface area contributed by atoms with Gasteiger partial charge in [-0.3, -0.25) is 14.4 Å². The van der Waals surface area contributed by atoms with Gasteiger partial charge < -0.3 is 24.5 Å². The minimum Gasteiger partial charge on any atom is -0.396 e. The zero-order valence-corrected chi connectivity index (χ0v) is 23.4. The van der Waals surface area contributed by atoms with Crippen molar-refractivity contribution in [1.82, 2.24) is 14.7 Å². The second-order valence-electron chi connectivity index (χ2n) is 12.3. The van der Waals surface area contributed by atoms with Gasteiger partial charge in [0.2, 0.25) is 17.7 Å². The molecule has 2 saturated heterocycles. The molecule has 5 aliphatic rings. The summed E-state index contributed by atoms with van der Waals surface area (Å²) in [7, 11) is 0. The molecule has 4 heterocycles. The number of hydrogen-bond acceptors (Lipinski definition) is 5. The minimum atomic E-state index is -1.22. The van der Waals surface area contributed by atoms with Crippen molar-refractivity contribution in [2.75, 3.05) is 26.2 Å². The first-order valence-electron chi connectivity index (χ1n) is 15.0. The maximum Gasteiger partial charge on any atom is 0.249 e. The molecule has 1 aromatic carbocycles. The van der Waals surface area contributed by atoms with Crippen molar-refractivity contribution < 1.29 is 24.2 Å². The first-order chi connectivity index (χ1) is 19.4. The Balaban J connectivity index is 1.39. The maximum atomic E-state index is 14.5. The lowest BCUT2D eigenvalue weighted by Crippen LogP contribution is -2.57. The molecule has 1 saturated carbocycles. The van der Waals surface area contributed by atoms with Crippen molar-refractivity contribution in [3.05, 3.63) is 60.2 Å². The lowest BCUT2D eigenvalue weighted by molar-refractivity contribution is -0.154. The highest BCUT2D eigenvalue weighted by molar-refractivity contribution is 6.00. The number of carbonyl (C=O) groups excluding carboxylic acids is 3. The van der Waals surface area contributed by atoms with Crippen LogP contribution in [0.15, 0.2) is 54.6 Å². The van der Waals surface area contributed by atoms with E-state index in [0.717, 1.165) is 31.2 Å². The third-order valence-corrected chi connectivity index (χ3v) is 9.71. The second-order valence-corrected chi connectivity index (χ2v) is 12.3. The van der Waals surface area contributed by atoms with Crippen LogP contribution in [0, 0.1) is 11.8 Å². The molecule has 214 valence electrons. The van der Waals surface area contributed by atoms with Crippen LogP contribution in [0.5, 0.6) is 0 Å². The molecule has 8 nitrogen and oxygen atoms in total. The molecule has 1 aliphatic carbocycles. The molecule has 1 N–H and O–H groups in total. The number of aliphatic hydroxyl groups excluding tert-OH is 1. The Bertz CT molecular complexity index is 1190. The fourth-order valence-electron chi connectivity index (χ4n) is 7.89. The Labute approximate surface area is 236 Å². The van der Waals surface area contributed by atoms with Crippen LogP contribution >= 0.6 is 0 Å². The van der Waals surface area contributed by atoms with Gasteiger partial charge in [0, 0.05) is 38.8 Å². The van der Waals surface area contributed by atoms with Gasteiger partial charge >= 0.3 is 0 Å². The van der Waals surface area contributed by atoms with Crippen molar-refractivity contribution in [1.29, 1.82) is 0 Å². The number of likely N-dealkylation sites (tertiary alicyclic amines) is 1. The fraction of sp³-hybridized carbons (Fsp3) is 0.594. The van der Waals surface area contributed by atoms with E-state index in [0.29, 0.717) is 39.0 Å². The molecule has 0 bridgehead atoms. The highest BCUT2D eigenvalue weighted by Gasteiger charge is 2.74. The van der Waals surface area contributed by atoms with Crippen molar-refractivity contribution in [3.8, 4) is 0 Å². The van der Waals surface area contributed by atoms with Gasteiger partial charge in [-0.2, -0.15) is 0 Å². The number of ether oxygens (including phenoxy) is 1. The summed E-state index contributed by atoms with van der Waals surface area (Å²) in [6.45, 7) is 3.64. The van der Waals surface area contributed by atoms with Crippen LogP contribution < -0.4 is 0 Å². The molecule has 1 unspecified atom stereocenters. The van der Waals surface area contributed by atoms with E-state index in [2.05, 4.69) is 0 Å². The topological polar surface area (TPSA) is 90.4 Å². The van der Waals surface area contributed by atoms with E-state index in [-0.39, 0.29) is 30.4 Å². The number of carbonyl (C=O) groups is 3. The molecule has 3 fully saturated rings. The molecule has 1 spiro atoms. The Morgan fingerprint density at radius 1 is 0.900 bits per heavy atom. The molecule has 0 radical (unpaired) electrons. The average molecular weight is 548 g/mol. The Kier molecular flexibility index (Phi) is 7.34.